The van der Waals surface area contributed by atoms with Crippen LogP contribution in [0.15, 0.2) is 48.5 Å². The molecule has 1 atom stereocenters. The maximum Gasteiger partial charge on any atom is 0.185 e. The SMILES string of the molecule is COc1ccccc1NC(C#CC(C)(C)O[Si](C)(C)C)c1ccc(Cl)cc1. The van der Waals surface area contributed by atoms with Gasteiger partial charge >= 0.3 is 0 Å². The summed E-state index contributed by atoms with van der Waals surface area (Å²) in [6, 6.07) is 15.3. The lowest BCUT2D eigenvalue weighted by Gasteiger charge is -2.29. The van der Waals surface area contributed by atoms with Crippen LogP contribution in [0.5, 0.6) is 5.75 Å². The third kappa shape index (κ3) is 6.95. The zero-order chi connectivity index (χ0) is 20.1. The first-order chi connectivity index (χ1) is 12.6. The number of halogens is 1. The maximum absolute atomic E-state index is 6.22. The Labute approximate surface area is 169 Å². The molecule has 0 saturated carbocycles. The number of benzene rings is 2. The molecule has 0 amide bonds. The molecule has 0 bridgehead atoms. The van der Waals surface area contributed by atoms with Gasteiger partial charge in [-0.15, -0.1) is 0 Å². The first-order valence-electron chi connectivity index (χ1n) is 8.97. The fraction of sp³-hybridized carbons (Fsp3) is 0.364. The molecule has 3 nitrogen and oxygen atoms in total. The molecule has 1 N–H and O–H groups in total. The molecule has 0 saturated heterocycles. The van der Waals surface area contributed by atoms with Crippen LogP contribution < -0.4 is 10.1 Å². The zero-order valence-electron chi connectivity index (χ0n) is 16.9. The average Bonchev–Trinajstić information content (AvgIpc) is 2.57. The molecule has 0 spiro atoms. The second kappa shape index (κ2) is 8.84. The average molecular weight is 402 g/mol. The Kier molecular flexibility index (Phi) is 6.99. The molecule has 27 heavy (non-hydrogen) atoms. The Morgan fingerprint density at radius 3 is 2.26 bits per heavy atom. The van der Waals surface area contributed by atoms with E-state index in [9.17, 15) is 0 Å². The van der Waals surface area contributed by atoms with Gasteiger partial charge in [0.25, 0.3) is 0 Å². The van der Waals surface area contributed by atoms with Crippen LogP contribution in [-0.4, -0.2) is 21.0 Å². The molecular weight excluding hydrogens is 374 g/mol. The molecule has 0 aliphatic rings. The highest BCUT2D eigenvalue weighted by Gasteiger charge is 2.25. The van der Waals surface area contributed by atoms with Gasteiger partial charge in [0.1, 0.15) is 17.4 Å². The van der Waals surface area contributed by atoms with Gasteiger partial charge in [0, 0.05) is 5.02 Å². The standard InChI is InChI=1S/C22H28ClNO2Si/c1-22(2,26-27(4,5)6)16-15-19(17-11-13-18(23)14-12-17)24-20-9-7-8-10-21(20)25-3/h7-14,19,24H,1-6H3. The first-order valence-corrected chi connectivity index (χ1v) is 12.8. The molecule has 0 fully saturated rings. The molecule has 0 heterocycles. The predicted molar refractivity (Wildman–Crippen MR) is 117 cm³/mol. The van der Waals surface area contributed by atoms with Gasteiger partial charge in [-0.1, -0.05) is 47.7 Å². The van der Waals surface area contributed by atoms with Crippen molar-refractivity contribution in [1.82, 2.24) is 0 Å². The minimum absolute atomic E-state index is 0.219. The highest BCUT2D eigenvalue weighted by molar-refractivity contribution is 6.69. The topological polar surface area (TPSA) is 30.5 Å². The van der Waals surface area contributed by atoms with Gasteiger partial charge in [-0.05, 0) is 63.3 Å². The van der Waals surface area contributed by atoms with Crippen LogP contribution in [0.25, 0.3) is 0 Å². The molecule has 2 aromatic rings. The summed E-state index contributed by atoms with van der Waals surface area (Å²) >= 11 is 6.05. The summed E-state index contributed by atoms with van der Waals surface area (Å²) in [5.41, 5.74) is 1.40. The van der Waals surface area contributed by atoms with E-state index in [1.807, 2.05) is 62.4 Å². The van der Waals surface area contributed by atoms with Gasteiger partial charge in [0.2, 0.25) is 0 Å². The van der Waals surface area contributed by atoms with Gasteiger partial charge in [0.05, 0.1) is 12.8 Å². The summed E-state index contributed by atoms with van der Waals surface area (Å²) in [5, 5.41) is 4.18. The molecule has 2 rings (SSSR count). The number of hydrogen-bond donors (Lipinski definition) is 1. The Morgan fingerprint density at radius 2 is 1.67 bits per heavy atom. The van der Waals surface area contributed by atoms with Crippen molar-refractivity contribution < 1.29 is 9.16 Å². The molecule has 0 aliphatic heterocycles. The fourth-order valence-electron chi connectivity index (χ4n) is 2.81. The van der Waals surface area contributed by atoms with Crippen molar-refractivity contribution in [3.63, 3.8) is 0 Å². The number of nitrogens with one attached hydrogen (secondary N) is 1. The van der Waals surface area contributed by atoms with Gasteiger partial charge in [-0.3, -0.25) is 0 Å². The Morgan fingerprint density at radius 1 is 1.04 bits per heavy atom. The van der Waals surface area contributed by atoms with E-state index in [1.165, 1.54) is 0 Å². The van der Waals surface area contributed by atoms with E-state index >= 15 is 0 Å². The summed E-state index contributed by atoms with van der Waals surface area (Å²) in [7, 11) is -0.0395. The molecule has 0 radical (unpaired) electrons. The third-order valence-electron chi connectivity index (χ3n) is 3.69. The van der Waals surface area contributed by atoms with Crippen molar-refractivity contribution in [2.45, 2.75) is 45.1 Å². The van der Waals surface area contributed by atoms with Crippen molar-refractivity contribution in [2.24, 2.45) is 0 Å². The van der Waals surface area contributed by atoms with E-state index in [-0.39, 0.29) is 6.04 Å². The summed E-state index contributed by atoms with van der Waals surface area (Å²) in [6.07, 6.45) is 0. The van der Waals surface area contributed by atoms with Crippen LogP contribution in [0.1, 0.15) is 25.5 Å². The van der Waals surface area contributed by atoms with Gasteiger partial charge in [-0.25, -0.2) is 0 Å². The number of para-hydroxylation sites is 2. The fourth-order valence-corrected chi connectivity index (χ4v) is 4.52. The van der Waals surface area contributed by atoms with Crippen LogP contribution in [0, 0.1) is 11.8 Å². The Hall–Kier alpha value is -1.93. The monoisotopic (exact) mass is 401 g/mol. The van der Waals surface area contributed by atoms with Crippen molar-refractivity contribution in [3.8, 4) is 17.6 Å². The smallest absolute Gasteiger partial charge is 0.185 e. The molecule has 144 valence electrons. The first kappa shape index (κ1) is 21.4. The van der Waals surface area contributed by atoms with E-state index in [4.69, 9.17) is 20.8 Å². The van der Waals surface area contributed by atoms with Gasteiger partial charge in [0.15, 0.2) is 8.32 Å². The van der Waals surface area contributed by atoms with Crippen LogP contribution in [0.2, 0.25) is 24.7 Å². The summed E-state index contributed by atoms with van der Waals surface area (Å²) < 4.78 is 11.7. The predicted octanol–water partition coefficient (Wildman–Crippen LogP) is 6.14. The van der Waals surface area contributed by atoms with E-state index in [0.29, 0.717) is 5.02 Å². The van der Waals surface area contributed by atoms with Crippen molar-refractivity contribution in [1.29, 1.82) is 0 Å². The highest BCUT2D eigenvalue weighted by Crippen LogP contribution is 2.28. The Bertz CT molecular complexity index is 817. The highest BCUT2D eigenvalue weighted by atomic mass is 35.5. The normalized spacial score (nSPS) is 12.7. The van der Waals surface area contributed by atoms with E-state index in [0.717, 1.165) is 17.0 Å². The largest absolute Gasteiger partial charge is 0.495 e. The van der Waals surface area contributed by atoms with Crippen LogP contribution in [0.4, 0.5) is 5.69 Å². The van der Waals surface area contributed by atoms with Crippen molar-refractivity contribution >= 4 is 25.6 Å². The van der Waals surface area contributed by atoms with Gasteiger partial charge < -0.3 is 14.5 Å². The molecule has 5 heteroatoms. The van der Waals surface area contributed by atoms with Crippen molar-refractivity contribution in [3.05, 3.63) is 59.1 Å². The maximum atomic E-state index is 6.22. The molecular formula is C22H28ClNO2Si. The number of hydrogen-bond acceptors (Lipinski definition) is 3. The van der Waals surface area contributed by atoms with E-state index < -0.39 is 13.9 Å². The minimum atomic E-state index is -1.70. The summed E-state index contributed by atoms with van der Waals surface area (Å²) in [6.45, 7) is 10.5. The quantitative estimate of drug-likeness (QED) is 0.466. The van der Waals surface area contributed by atoms with Crippen LogP contribution in [-0.2, 0) is 4.43 Å². The molecule has 0 aromatic heterocycles. The summed E-state index contributed by atoms with van der Waals surface area (Å²) in [5.74, 6) is 7.44. The van der Waals surface area contributed by atoms with Gasteiger partial charge in [-0.2, -0.15) is 0 Å². The summed E-state index contributed by atoms with van der Waals surface area (Å²) in [4.78, 5) is 0. The van der Waals surface area contributed by atoms with E-state index in [2.05, 4.69) is 36.8 Å². The lowest BCUT2D eigenvalue weighted by atomic mass is 10.0. The van der Waals surface area contributed by atoms with Crippen LogP contribution >= 0.6 is 11.6 Å². The zero-order valence-corrected chi connectivity index (χ0v) is 18.6. The van der Waals surface area contributed by atoms with Crippen molar-refractivity contribution in [2.75, 3.05) is 12.4 Å². The number of ether oxygens (including phenoxy) is 1. The second-order valence-electron chi connectivity index (χ2n) is 7.82. The van der Waals surface area contributed by atoms with Crippen LogP contribution in [0.3, 0.4) is 0 Å². The Balaban J connectivity index is 2.36. The molecule has 1 unspecified atom stereocenters. The van der Waals surface area contributed by atoms with E-state index in [1.54, 1.807) is 7.11 Å². The number of anilines is 1. The molecule has 2 aromatic carbocycles. The lowest BCUT2D eigenvalue weighted by Crippen LogP contribution is -2.37. The number of methoxy groups -OCH3 is 1. The third-order valence-corrected chi connectivity index (χ3v) is 5.06. The number of rotatable bonds is 6. The lowest BCUT2D eigenvalue weighted by molar-refractivity contribution is 0.164. The minimum Gasteiger partial charge on any atom is -0.495 e. The molecule has 0 aliphatic carbocycles. The second-order valence-corrected chi connectivity index (χ2v) is 12.7.